The first-order chi connectivity index (χ1) is 4.31. The first-order valence-electron chi connectivity index (χ1n) is 3.40. The third-order valence-electron chi connectivity index (χ3n) is 1.32. The highest BCUT2D eigenvalue weighted by Gasteiger charge is 1.86. The molecule has 0 heterocycles. The molecule has 0 aromatic rings. The molecule has 9 heavy (non-hydrogen) atoms. The fourth-order valence-corrected chi connectivity index (χ4v) is 0.462. The van der Waals surface area contributed by atoms with Gasteiger partial charge in [0.15, 0.2) is 0 Å². The lowest BCUT2D eigenvalue weighted by atomic mass is 10.1. The van der Waals surface area contributed by atoms with Crippen molar-refractivity contribution >= 4 is 6.21 Å². The van der Waals surface area contributed by atoms with Gasteiger partial charge in [-0.3, -0.25) is 4.99 Å². The fourth-order valence-electron chi connectivity index (χ4n) is 0.462. The van der Waals surface area contributed by atoms with Gasteiger partial charge in [-0.2, -0.15) is 0 Å². The van der Waals surface area contributed by atoms with Crippen LogP contribution in [0.3, 0.4) is 0 Å². The largest absolute Gasteiger partial charge is 0.297 e. The zero-order chi connectivity index (χ0) is 7.11. The zero-order valence-corrected chi connectivity index (χ0v) is 6.46. The Balaban J connectivity index is 3.43. The predicted octanol–water partition coefficient (Wildman–Crippen LogP) is 2.29. The van der Waals surface area contributed by atoms with Gasteiger partial charge in [0.25, 0.3) is 0 Å². The average molecular weight is 125 g/mol. The molecule has 0 amide bonds. The number of hydrogen-bond acceptors (Lipinski definition) is 1. The van der Waals surface area contributed by atoms with Crippen molar-refractivity contribution in [3.8, 4) is 0 Å². The lowest BCUT2D eigenvalue weighted by Crippen LogP contribution is -1.83. The van der Waals surface area contributed by atoms with Gasteiger partial charge < -0.3 is 0 Å². The van der Waals surface area contributed by atoms with E-state index < -0.39 is 0 Å². The van der Waals surface area contributed by atoms with Crippen molar-refractivity contribution in [1.82, 2.24) is 0 Å². The summed E-state index contributed by atoms with van der Waals surface area (Å²) < 4.78 is 0. The Hall–Kier alpha value is -0.590. The summed E-state index contributed by atoms with van der Waals surface area (Å²) in [6.07, 6.45) is 7.17. The summed E-state index contributed by atoms with van der Waals surface area (Å²) in [6, 6.07) is 0. The molecule has 0 aromatic carbocycles. The minimum absolute atomic E-state index is 0.683. The van der Waals surface area contributed by atoms with Crippen LogP contribution in [0.5, 0.6) is 0 Å². The molecule has 0 aliphatic carbocycles. The van der Waals surface area contributed by atoms with E-state index in [2.05, 4.69) is 24.9 Å². The quantitative estimate of drug-likeness (QED) is 0.513. The Bertz CT molecular complexity index is 103. The molecule has 0 saturated heterocycles. The minimum Gasteiger partial charge on any atom is -0.297 e. The van der Waals surface area contributed by atoms with Crippen LogP contribution in [0.4, 0.5) is 0 Å². The molecule has 0 fully saturated rings. The molecule has 1 heteroatoms. The molecule has 0 radical (unpaired) electrons. The SMILES string of the molecule is CCC(C)/C=C\C=N/C. The minimum atomic E-state index is 0.683. The maximum Gasteiger partial charge on any atom is 0.0277 e. The van der Waals surface area contributed by atoms with E-state index in [-0.39, 0.29) is 0 Å². The molecule has 0 aliphatic heterocycles. The van der Waals surface area contributed by atoms with E-state index in [1.54, 1.807) is 7.05 Å². The molecule has 0 spiro atoms. The Morgan fingerprint density at radius 2 is 2.22 bits per heavy atom. The highest BCUT2D eigenvalue weighted by atomic mass is 14.6. The van der Waals surface area contributed by atoms with E-state index >= 15 is 0 Å². The van der Waals surface area contributed by atoms with E-state index in [0.29, 0.717) is 5.92 Å². The van der Waals surface area contributed by atoms with Gasteiger partial charge in [-0.25, -0.2) is 0 Å². The summed E-state index contributed by atoms with van der Waals surface area (Å²) in [7, 11) is 1.78. The third-order valence-corrected chi connectivity index (χ3v) is 1.32. The number of rotatable bonds is 3. The molecule has 0 rings (SSSR count). The summed E-state index contributed by atoms with van der Waals surface area (Å²) in [5.41, 5.74) is 0. The second-order valence-corrected chi connectivity index (χ2v) is 2.18. The molecular weight excluding hydrogens is 110 g/mol. The highest BCUT2D eigenvalue weighted by molar-refractivity contribution is 5.70. The van der Waals surface area contributed by atoms with Crippen LogP contribution in [0.15, 0.2) is 17.1 Å². The molecule has 1 atom stereocenters. The summed E-state index contributed by atoms with van der Waals surface area (Å²) in [6.45, 7) is 4.37. The molecule has 0 saturated carbocycles. The molecule has 0 aromatic heterocycles. The smallest absolute Gasteiger partial charge is 0.0277 e. The lowest BCUT2D eigenvalue weighted by Gasteiger charge is -1.95. The molecule has 0 aliphatic rings. The lowest BCUT2D eigenvalue weighted by molar-refractivity contribution is 0.699. The van der Waals surface area contributed by atoms with Gasteiger partial charge in [0.2, 0.25) is 0 Å². The van der Waals surface area contributed by atoms with Gasteiger partial charge in [-0.1, -0.05) is 26.3 Å². The van der Waals surface area contributed by atoms with Crippen molar-refractivity contribution < 1.29 is 0 Å². The third kappa shape index (κ3) is 5.28. The number of nitrogens with zero attached hydrogens (tertiary/aromatic N) is 1. The summed E-state index contributed by atoms with van der Waals surface area (Å²) in [5.74, 6) is 0.683. The van der Waals surface area contributed by atoms with E-state index in [1.165, 1.54) is 6.42 Å². The maximum atomic E-state index is 3.83. The zero-order valence-electron chi connectivity index (χ0n) is 6.46. The standard InChI is InChI=1S/C8H15N/c1-4-8(2)6-5-7-9-3/h5-8H,4H2,1-3H3/b6-5-,9-7-. The molecular formula is C8H15N. The number of hydrogen-bond donors (Lipinski definition) is 0. The Morgan fingerprint density at radius 1 is 1.56 bits per heavy atom. The Morgan fingerprint density at radius 3 is 2.67 bits per heavy atom. The maximum absolute atomic E-state index is 3.83. The second kappa shape index (κ2) is 5.54. The van der Waals surface area contributed by atoms with Crippen LogP contribution in [0, 0.1) is 5.92 Å². The van der Waals surface area contributed by atoms with E-state index in [1.807, 2.05) is 12.3 Å². The first-order valence-corrected chi connectivity index (χ1v) is 3.40. The Labute approximate surface area is 57.5 Å². The van der Waals surface area contributed by atoms with Crippen LogP contribution in [0.25, 0.3) is 0 Å². The molecule has 52 valence electrons. The molecule has 0 N–H and O–H groups in total. The summed E-state index contributed by atoms with van der Waals surface area (Å²) in [5, 5.41) is 0. The van der Waals surface area contributed by atoms with Crippen LogP contribution in [0.2, 0.25) is 0 Å². The van der Waals surface area contributed by atoms with Gasteiger partial charge in [0, 0.05) is 13.3 Å². The van der Waals surface area contributed by atoms with Crippen molar-refractivity contribution in [3.05, 3.63) is 12.2 Å². The van der Waals surface area contributed by atoms with Gasteiger partial charge >= 0.3 is 0 Å². The molecule has 0 bridgehead atoms. The van der Waals surface area contributed by atoms with Crippen molar-refractivity contribution in [3.63, 3.8) is 0 Å². The van der Waals surface area contributed by atoms with Gasteiger partial charge in [-0.05, 0) is 12.0 Å². The van der Waals surface area contributed by atoms with Crippen LogP contribution in [-0.2, 0) is 0 Å². The summed E-state index contributed by atoms with van der Waals surface area (Å²) >= 11 is 0. The normalized spacial score (nSPS) is 15.4. The number of aliphatic imine (C=N–C) groups is 1. The van der Waals surface area contributed by atoms with E-state index in [4.69, 9.17) is 0 Å². The van der Waals surface area contributed by atoms with Crippen LogP contribution in [0.1, 0.15) is 20.3 Å². The summed E-state index contributed by atoms with van der Waals surface area (Å²) in [4.78, 5) is 3.83. The van der Waals surface area contributed by atoms with Crippen molar-refractivity contribution in [2.75, 3.05) is 7.05 Å². The molecule has 1 nitrogen and oxygen atoms in total. The number of allylic oxidation sites excluding steroid dienone is 2. The van der Waals surface area contributed by atoms with E-state index in [9.17, 15) is 0 Å². The van der Waals surface area contributed by atoms with Crippen LogP contribution in [-0.4, -0.2) is 13.3 Å². The topological polar surface area (TPSA) is 12.4 Å². The van der Waals surface area contributed by atoms with E-state index in [0.717, 1.165) is 0 Å². The highest BCUT2D eigenvalue weighted by Crippen LogP contribution is 2.00. The Kier molecular flexibility index (Phi) is 5.18. The van der Waals surface area contributed by atoms with Gasteiger partial charge in [-0.15, -0.1) is 0 Å². The monoisotopic (exact) mass is 125 g/mol. The van der Waals surface area contributed by atoms with Gasteiger partial charge in [0.05, 0.1) is 0 Å². The van der Waals surface area contributed by atoms with Crippen molar-refractivity contribution in [1.29, 1.82) is 0 Å². The van der Waals surface area contributed by atoms with Gasteiger partial charge in [0.1, 0.15) is 0 Å². The first kappa shape index (κ1) is 8.41. The van der Waals surface area contributed by atoms with Crippen molar-refractivity contribution in [2.24, 2.45) is 10.9 Å². The average Bonchev–Trinajstić information content (AvgIpc) is 1.89. The van der Waals surface area contributed by atoms with Crippen molar-refractivity contribution in [2.45, 2.75) is 20.3 Å². The van der Waals surface area contributed by atoms with Crippen LogP contribution < -0.4 is 0 Å². The molecule has 1 unspecified atom stereocenters. The van der Waals surface area contributed by atoms with Crippen LogP contribution >= 0.6 is 0 Å². The second-order valence-electron chi connectivity index (χ2n) is 2.18. The predicted molar refractivity (Wildman–Crippen MR) is 43.0 cm³/mol. The fraction of sp³-hybridized carbons (Fsp3) is 0.625.